The first-order chi connectivity index (χ1) is 14.6. The van der Waals surface area contributed by atoms with Crippen molar-refractivity contribution in [2.24, 2.45) is 0 Å². The van der Waals surface area contributed by atoms with Crippen LogP contribution < -0.4 is 15.6 Å². The summed E-state index contributed by atoms with van der Waals surface area (Å²) in [5, 5.41) is 6.50. The summed E-state index contributed by atoms with van der Waals surface area (Å²) < 4.78 is 44.9. The zero-order valence-corrected chi connectivity index (χ0v) is 17.2. The van der Waals surface area contributed by atoms with Gasteiger partial charge in [-0.15, -0.1) is 0 Å². The SMILES string of the molecule is COc1ccc(-c2ccc(=O)n(C(C)C(=O)Nc3cc(C(F)(F)F)ccc3Cl)n2)cc1. The van der Waals surface area contributed by atoms with Gasteiger partial charge in [-0.2, -0.15) is 18.3 Å². The second kappa shape index (κ2) is 8.81. The fraction of sp³-hybridized carbons (Fsp3) is 0.190. The van der Waals surface area contributed by atoms with Crippen molar-refractivity contribution in [2.75, 3.05) is 12.4 Å². The number of aromatic nitrogens is 2. The molecule has 0 spiro atoms. The van der Waals surface area contributed by atoms with Gasteiger partial charge in [0.25, 0.3) is 5.56 Å². The zero-order valence-electron chi connectivity index (χ0n) is 16.4. The van der Waals surface area contributed by atoms with Crippen molar-refractivity contribution in [2.45, 2.75) is 19.1 Å². The Balaban J connectivity index is 1.88. The molecule has 0 radical (unpaired) electrons. The van der Waals surface area contributed by atoms with E-state index in [0.717, 1.165) is 22.9 Å². The van der Waals surface area contributed by atoms with Crippen LogP contribution in [0.5, 0.6) is 5.75 Å². The maximum absolute atomic E-state index is 12.9. The van der Waals surface area contributed by atoms with Crippen molar-refractivity contribution in [3.8, 4) is 17.0 Å². The summed E-state index contributed by atoms with van der Waals surface area (Å²) in [6, 6.07) is 11.2. The molecular formula is C21H17ClF3N3O3. The van der Waals surface area contributed by atoms with Gasteiger partial charge in [0.05, 0.1) is 29.1 Å². The maximum atomic E-state index is 12.9. The van der Waals surface area contributed by atoms with Crippen LogP contribution >= 0.6 is 11.6 Å². The molecule has 0 aliphatic heterocycles. The molecule has 0 aliphatic carbocycles. The lowest BCUT2D eigenvalue weighted by Crippen LogP contribution is -2.33. The van der Waals surface area contributed by atoms with E-state index in [2.05, 4.69) is 10.4 Å². The number of methoxy groups -OCH3 is 1. The van der Waals surface area contributed by atoms with Crippen LogP contribution in [0.25, 0.3) is 11.3 Å². The number of ether oxygens (including phenoxy) is 1. The van der Waals surface area contributed by atoms with Gasteiger partial charge in [0.1, 0.15) is 11.8 Å². The summed E-state index contributed by atoms with van der Waals surface area (Å²) in [7, 11) is 1.53. The number of anilines is 1. The minimum absolute atomic E-state index is 0.0687. The standard InChI is InChI=1S/C21H17ClF3N3O3/c1-12(20(30)26-18-11-14(21(23,24)25)5-8-16(18)22)28-19(29)10-9-17(27-28)13-3-6-15(31-2)7-4-13/h3-12H,1-2H3,(H,26,30). The highest BCUT2D eigenvalue weighted by molar-refractivity contribution is 6.33. The van der Waals surface area contributed by atoms with Gasteiger partial charge < -0.3 is 10.1 Å². The number of nitrogens with one attached hydrogen (secondary N) is 1. The second-order valence-electron chi connectivity index (χ2n) is 6.59. The summed E-state index contributed by atoms with van der Waals surface area (Å²) in [6.45, 7) is 1.41. The Kier molecular flexibility index (Phi) is 6.35. The molecule has 0 fully saturated rings. The topological polar surface area (TPSA) is 73.2 Å². The van der Waals surface area contributed by atoms with Crippen LogP contribution in [0.15, 0.2) is 59.4 Å². The van der Waals surface area contributed by atoms with Crippen LogP contribution in [0, 0.1) is 0 Å². The first-order valence-electron chi connectivity index (χ1n) is 9.02. The van der Waals surface area contributed by atoms with Gasteiger partial charge in [-0.05, 0) is 55.5 Å². The van der Waals surface area contributed by atoms with Gasteiger partial charge in [0, 0.05) is 11.6 Å². The van der Waals surface area contributed by atoms with E-state index in [1.54, 1.807) is 24.3 Å². The Labute approximate surface area is 180 Å². The summed E-state index contributed by atoms with van der Waals surface area (Å²) in [5.41, 5.74) is -0.610. The molecule has 0 bridgehead atoms. The Bertz CT molecular complexity index is 1160. The Morgan fingerprint density at radius 3 is 2.42 bits per heavy atom. The lowest BCUT2D eigenvalue weighted by atomic mass is 10.1. The molecule has 3 rings (SSSR count). The molecule has 0 aliphatic rings. The maximum Gasteiger partial charge on any atom is 0.416 e. The van der Waals surface area contributed by atoms with E-state index in [1.165, 1.54) is 26.2 Å². The Morgan fingerprint density at radius 1 is 1.13 bits per heavy atom. The lowest BCUT2D eigenvalue weighted by Gasteiger charge is -2.16. The first-order valence-corrected chi connectivity index (χ1v) is 9.40. The van der Waals surface area contributed by atoms with Gasteiger partial charge in [-0.25, -0.2) is 4.68 Å². The molecule has 1 atom stereocenters. The number of hydrogen-bond donors (Lipinski definition) is 1. The first kappa shape index (κ1) is 22.4. The molecule has 0 saturated heterocycles. The van der Waals surface area contributed by atoms with E-state index in [1.807, 2.05) is 0 Å². The summed E-state index contributed by atoms with van der Waals surface area (Å²) in [6.07, 6.45) is -4.60. The number of nitrogens with zero attached hydrogens (tertiary/aromatic N) is 2. The van der Waals surface area contributed by atoms with E-state index in [4.69, 9.17) is 16.3 Å². The Hall–Kier alpha value is -3.33. The highest BCUT2D eigenvalue weighted by Crippen LogP contribution is 2.34. The predicted molar refractivity (Wildman–Crippen MR) is 110 cm³/mol. The largest absolute Gasteiger partial charge is 0.497 e. The van der Waals surface area contributed by atoms with Crippen LogP contribution in [0.3, 0.4) is 0 Å². The number of alkyl halides is 3. The molecular weight excluding hydrogens is 435 g/mol. The zero-order chi connectivity index (χ0) is 22.8. The minimum atomic E-state index is -4.60. The molecule has 1 amide bonds. The molecule has 1 unspecified atom stereocenters. The van der Waals surface area contributed by atoms with Gasteiger partial charge in [-0.1, -0.05) is 11.6 Å². The number of carbonyl (C=O) groups excluding carboxylic acids is 1. The number of amides is 1. The van der Waals surface area contributed by atoms with Crippen LogP contribution in [-0.4, -0.2) is 22.8 Å². The van der Waals surface area contributed by atoms with Gasteiger partial charge in [0.15, 0.2) is 0 Å². The lowest BCUT2D eigenvalue weighted by molar-refractivity contribution is -0.137. The normalized spacial score (nSPS) is 12.3. The van der Waals surface area contributed by atoms with Crippen molar-refractivity contribution in [1.29, 1.82) is 0 Å². The number of hydrogen-bond acceptors (Lipinski definition) is 4. The van der Waals surface area contributed by atoms with Gasteiger partial charge >= 0.3 is 6.18 Å². The van der Waals surface area contributed by atoms with Gasteiger partial charge in [-0.3, -0.25) is 9.59 Å². The van der Waals surface area contributed by atoms with Crippen molar-refractivity contribution in [3.63, 3.8) is 0 Å². The molecule has 162 valence electrons. The quantitative estimate of drug-likeness (QED) is 0.605. The molecule has 2 aromatic carbocycles. The Morgan fingerprint density at radius 2 is 1.81 bits per heavy atom. The third-order valence-electron chi connectivity index (χ3n) is 4.51. The third-order valence-corrected chi connectivity index (χ3v) is 4.84. The van der Waals surface area contributed by atoms with E-state index in [9.17, 15) is 22.8 Å². The van der Waals surface area contributed by atoms with E-state index in [0.29, 0.717) is 17.0 Å². The molecule has 10 heteroatoms. The molecule has 3 aromatic rings. The van der Waals surface area contributed by atoms with Crippen molar-refractivity contribution >= 4 is 23.2 Å². The van der Waals surface area contributed by atoms with E-state index < -0.39 is 29.2 Å². The summed E-state index contributed by atoms with van der Waals surface area (Å²) in [4.78, 5) is 24.9. The average Bonchev–Trinajstić information content (AvgIpc) is 2.74. The van der Waals surface area contributed by atoms with Gasteiger partial charge in [0.2, 0.25) is 5.91 Å². The van der Waals surface area contributed by atoms with Crippen LogP contribution in [0.4, 0.5) is 18.9 Å². The summed E-state index contributed by atoms with van der Waals surface area (Å²) in [5.74, 6) is -0.106. The highest BCUT2D eigenvalue weighted by Gasteiger charge is 2.31. The second-order valence-corrected chi connectivity index (χ2v) is 6.99. The molecule has 1 heterocycles. The third kappa shape index (κ3) is 5.05. The highest BCUT2D eigenvalue weighted by atomic mass is 35.5. The molecule has 1 N–H and O–H groups in total. The smallest absolute Gasteiger partial charge is 0.416 e. The van der Waals surface area contributed by atoms with Crippen molar-refractivity contribution in [1.82, 2.24) is 9.78 Å². The summed E-state index contributed by atoms with van der Waals surface area (Å²) >= 11 is 5.93. The molecule has 6 nitrogen and oxygen atoms in total. The van der Waals surface area contributed by atoms with Crippen LogP contribution in [0.1, 0.15) is 18.5 Å². The number of rotatable bonds is 5. The van der Waals surface area contributed by atoms with E-state index >= 15 is 0 Å². The number of halogens is 4. The fourth-order valence-corrected chi connectivity index (χ4v) is 2.93. The number of carbonyl (C=O) groups is 1. The molecule has 1 aromatic heterocycles. The monoisotopic (exact) mass is 451 g/mol. The predicted octanol–water partition coefficient (Wildman–Crippen LogP) is 4.79. The molecule has 31 heavy (non-hydrogen) atoms. The van der Waals surface area contributed by atoms with Crippen LogP contribution in [0.2, 0.25) is 5.02 Å². The van der Waals surface area contributed by atoms with Crippen molar-refractivity contribution < 1.29 is 22.7 Å². The van der Waals surface area contributed by atoms with Crippen molar-refractivity contribution in [3.05, 3.63) is 75.5 Å². The minimum Gasteiger partial charge on any atom is -0.497 e. The number of benzene rings is 2. The fourth-order valence-electron chi connectivity index (χ4n) is 2.76. The average molecular weight is 452 g/mol. The molecule has 0 saturated carbocycles. The van der Waals surface area contributed by atoms with E-state index in [-0.39, 0.29) is 10.7 Å². The van der Waals surface area contributed by atoms with Crippen LogP contribution in [-0.2, 0) is 11.0 Å².